The number of phenolic OH excluding ortho intramolecular Hbond substituents is 2. The van der Waals surface area contributed by atoms with Crippen LogP contribution in [0.25, 0.3) is 0 Å². The topological polar surface area (TPSA) is 232 Å². The van der Waals surface area contributed by atoms with E-state index in [1.807, 2.05) is 0 Å². The summed E-state index contributed by atoms with van der Waals surface area (Å²) in [5.41, 5.74) is 7.22. The Kier molecular flexibility index (Phi) is 18.2. The number of carboxylic acid groups (broad SMARTS) is 1. The van der Waals surface area contributed by atoms with Gasteiger partial charge < -0.3 is 47.0 Å². The van der Waals surface area contributed by atoms with Crippen LogP contribution in [0.2, 0.25) is 0 Å². The van der Waals surface area contributed by atoms with E-state index in [2.05, 4.69) is 22.9 Å². The Morgan fingerprint density at radius 3 is 1.68 bits per heavy atom. The SMILES string of the molecule is CCCCCCCC(N)C(O)C(=O)NC(C(=O)NC(C(=O)N(C)C(Cc1ccc(O)cc1)C(=O)NC(Cc1ccc(O)cc1)C(=O)O)C(C)C)C(C)C. The first-order valence-corrected chi connectivity index (χ1v) is 18.4. The molecule has 0 saturated carbocycles. The molecule has 0 aliphatic rings. The molecule has 0 heterocycles. The number of aliphatic hydroxyl groups excluding tert-OH is 1. The third-order valence-electron chi connectivity index (χ3n) is 9.27. The molecule has 9 N–H and O–H groups in total. The normalized spacial score (nSPS) is 14.8. The van der Waals surface area contributed by atoms with Crippen LogP contribution < -0.4 is 21.7 Å². The van der Waals surface area contributed by atoms with Gasteiger partial charge in [-0.25, -0.2) is 4.79 Å². The van der Waals surface area contributed by atoms with Gasteiger partial charge in [0.05, 0.1) is 0 Å². The van der Waals surface area contributed by atoms with E-state index < -0.39 is 77.7 Å². The first-order chi connectivity index (χ1) is 25.0. The molecule has 14 heteroatoms. The predicted molar refractivity (Wildman–Crippen MR) is 201 cm³/mol. The van der Waals surface area contributed by atoms with Gasteiger partial charge in [0.15, 0.2) is 0 Å². The van der Waals surface area contributed by atoms with E-state index in [-0.39, 0.29) is 24.3 Å². The van der Waals surface area contributed by atoms with Crippen molar-refractivity contribution >= 4 is 29.6 Å². The minimum atomic E-state index is -1.54. The Balaban J connectivity index is 2.28. The number of likely N-dealkylation sites (N-methyl/N-ethyl adjacent to an activating group) is 1. The zero-order valence-corrected chi connectivity index (χ0v) is 31.7. The van der Waals surface area contributed by atoms with Crippen molar-refractivity contribution in [2.45, 2.75) is 122 Å². The molecule has 0 aliphatic carbocycles. The zero-order valence-electron chi connectivity index (χ0n) is 31.7. The Morgan fingerprint density at radius 2 is 1.19 bits per heavy atom. The second-order valence-electron chi connectivity index (χ2n) is 14.4. The smallest absolute Gasteiger partial charge is 0.326 e. The molecule has 14 nitrogen and oxygen atoms in total. The quantitative estimate of drug-likeness (QED) is 0.0823. The molecule has 0 radical (unpaired) electrons. The third kappa shape index (κ3) is 14.3. The summed E-state index contributed by atoms with van der Waals surface area (Å²) in [5.74, 6) is -5.12. The molecule has 2 aromatic carbocycles. The first kappa shape index (κ1) is 44.5. The van der Waals surface area contributed by atoms with Gasteiger partial charge in [0, 0.05) is 25.9 Å². The van der Waals surface area contributed by atoms with Crippen LogP contribution in [0.4, 0.5) is 0 Å². The fourth-order valence-corrected chi connectivity index (χ4v) is 5.84. The maximum absolute atomic E-state index is 14.1. The van der Waals surface area contributed by atoms with Crippen LogP contribution in [-0.2, 0) is 36.8 Å². The number of benzene rings is 2. The highest BCUT2D eigenvalue weighted by atomic mass is 16.4. The Labute approximate surface area is 312 Å². The van der Waals surface area contributed by atoms with Crippen molar-refractivity contribution in [2.75, 3.05) is 7.05 Å². The molecule has 2 aromatic rings. The molecule has 294 valence electrons. The molecule has 4 amide bonds. The van der Waals surface area contributed by atoms with E-state index in [0.29, 0.717) is 17.5 Å². The third-order valence-corrected chi connectivity index (χ3v) is 9.27. The minimum Gasteiger partial charge on any atom is -0.508 e. The minimum absolute atomic E-state index is 0.00191. The van der Waals surface area contributed by atoms with Crippen LogP contribution in [0.15, 0.2) is 48.5 Å². The molecule has 0 aliphatic heterocycles. The van der Waals surface area contributed by atoms with Gasteiger partial charge in [-0.15, -0.1) is 0 Å². The number of nitrogens with two attached hydrogens (primary N) is 1. The monoisotopic (exact) mass is 741 g/mol. The number of hydrogen-bond acceptors (Lipinski definition) is 9. The molecule has 6 unspecified atom stereocenters. The number of nitrogens with zero attached hydrogens (tertiary/aromatic N) is 1. The highest BCUT2D eigenvalue weighted by Gasteiger charge is 2.37. The number of nitrogens with one attached hydrogen (secondary N) is 3. The first-order valence-electron chi connectivity index (χ1n) is 18.4. The molecule has 0 fully saturated rings. The summed E-state index contributed by atoms with van der Waals surface area (Å²) in [6.07, 6.45) is 3.66. The summed E-state index contributed by atoms with van der Waals surface area (Å²) in [6, 6.07) is 6.14. The average molecular weight is 742 g/mol. The number of rotatable bonds is 22. The Bertz CT molecular complexity index is 1480. The summed E-state index contributed by atoms with van der Waals surface area (Å²) in [4.78, 5) is 68.1. The van der Waals surface area contributed by atoms with Crippen LogP contribution in [0.5, 0.6) is 11.5 Å². The predicted octanol–water partition coefficient (Wildman–Crippen LogP) is 2.61. The van der Waals surface area contributed by atoms with Gasteiger partial charge in [0.2, 0.25) is 17.7 Å². The number of aliphatic carboxylic acids is 1. The molecule has 0 saturated heterocycles. The lowest BCUT2D eigenvalue weighted by Crippen LogP contribution is -2.61. The highest BCUT2D eigenvalue weighted by Crippen LogP contribution is 2.18. The van der Waals surface area contributed by atoms with E-state index in [4.69, 9.17) is 5.73 Å². The van der Waals surface area contributed by atoms with E-state index in [1.54, 1.807) is 39.8 Å². The lowest BCUT2D eigenvalue weighted by Gasteiger charge is -2.34. The molecule has 2 rings (SSSR count). The lowest BCUT2D eigenvalue weighted by atomic mass is 9.97. The van der Waals surface area contributed by atoms with Gasteiger partial charge >= 0.3 is 5.97 Å². The van der Waals surface area contributed by atoms with Gasteiger partial charge in [-0.1, -0.05) is 91.0 Å². The van der Waals surface area contributed by atoms with Crippen molar-refractivity contribution in [3.05, 3.63) is 59.7 Å². The van der Waals surface area contributed by atoms with Gasteiger partial charge in [-0.2, -0.15) is 0 Å². The lowest BCUT2D eigenvalue weighted by molar-refractivity contribution is -0.146. The number of carbonyl (C=O) groups is 5. The highest BCUT2D eigenvalue weighted by molar-refractivity contribution is 5.95. The summed E-state index contributed by atoms with van der Waals surface area (Å²) in [5, 5.41) is 47.9. The second kappa shape index (κ2) is 21.7. The number of carbonyl (C=O) groups excluding carboxylic acids is 4. The van der Waals surface area contributed by atoms with Crippen molar-refractivity contribution in [3.8, 4) is 11.5 Å². The van der Waals surface area contributed by atoms with Crippen molar-refractivity contribution in [2.24, 2.45) is 17.6 Å². The van der Waals surface area contributed by atoms with Gasteiger partial charge in [0.1, 0.15) is 41.8 Å². The average Bonchev–Trinajstić information content (AvgIpc) is 3.11. The summed E-state index contributed by atoms with van der Waals surface area (Å²) in [6.45, 7) is 8.93. The molecular weight excluding hydrogens is 682 g/mol. The maximum Gasteiger partial charge on any atom is 0.326 e. The molecule has 0 spiro atoms. The van der Waals surface area contributed by atoms with E-state index in [9.17, 15) is 44.4 Å². The number of aromatic hydroxyl groups is 2. The van der Waals surface area contributed by atoms with Crippen LogP contribution in [0.1, 0.15) is 84.3 Å². The van der Waals surface area contributed by atoms with E-state index >= 15 is 0 Å². The van der Waals surface area contributed by atoms with Crippen LogP contribution in [0, 0.1) is 11.8 Å². The van der Waals surface area contributed by atoms with Gasteiger partial charge in [0.25, 0.3) is 5.91 Å². The van der Waals surface area contributed by atoms with Crippen LogP contribution >= 0.6 is 0 Å². The number of aliphatic hydroxyl groups is 1. The standard InChI is InChI=1S/C39H59N5O9/c1-7-8-9-10-11-12-29(40)34(47)37(50)42-32(23(2)3)36(49)43-33(24(4)5)38(51)44(6)31(22-26-15-19-28(46)20-16-26)35(48)41-30(39(52)53)21-25-13-17-27(45)18-14-25/h13-20,23-24,29-34,45-47H,7-12,21-22,40H2,1-6H3,(H,41,48)(H,42,50)(H,43,49)(H,52,53). The summed E-state index contributed by atoms with van der Waals surface area (Å²) >= 11 is 0. The van der Waals surface area contributed by atoms with E-state index in [1.165, 1.54) is 43.4 Å². The fraction of sp³-hybridized carbons (Fsp3) is 0.564. The second-order valence-corrected chi connectivity index (χ2v) is 14.4. The Morgan fingerprint density at radius 1 is 0.698 bits per heavy atom. The summed E-state index contributed by atoms with van der Waals surface area (Å²) in [7, 11) is 1.38. The van der Waals surface area contributed by atoms with Gasteiger partial charge in [-0.05, 0) is 53.6 Å². The molecule has 6 atom stereocenters. The van der Waals surface area contributed by atoms with E-state index in [0.717, 1.165) is 37.0 Å². The van der Waals surface area contributed by atoms with Crippen LogP contribution in [-0.4, -0.2) is 98.3 Å². The van der Waals surface area contributed by atoms with Crippen molar-refractivity contribution in [3.63, 3.8) is 0 Å². The Hall–Kier alpha value is -4.69. The fourth-order valence-electron chi connectivity index (χ4n) is 5.84. The summed E-state index contributed by atoms with van der Waals surface area (Å²) < 4.78 is 0. The van der Waals surface area contributed by atoms with Crippen LogP contribution in [0.3, 0.4) is 0 Å². The number of amides is 4. The molecule has 53 heavy (non-hydrogen) atoms. The molecule has 0 bridgehead atoms. The number of hydrogen-bond donors (Lipinski definition) is 8. The largest absolute Gasteiger partial charge is 0.508 e. The van der Waals surface area contributed by atoms with Gasteiger partial charge in [-0.3, -0.25) is 19.2 Å². The maximum atomic E-state index is 14.1. The van der Waals surface area contributed by atoms with Crippen molar-refractivity contribution < 1.29 is 44.4 Å². The number of unbranched alkanes of at least 4 members (excludes halogenated alkanes) is 4. The zero-order chi connectivity index (χ0) is 39.8. The molecule has 0 aromatic heterocycles. The molecular formula is C39H59N5O9. The van der Waals surface area contributed by atoms with Crippen molar-refractivity contribution in [1.29, 1.82) is 0 Å². The number of carboxylic acids is 1. The number of phenols is 2. The van der Waals surface area contributed by atoms with Crippen molar-refractivity contribution in [1.82, 2.24) is 20.9 Å².